The van der Waals surface area contributed by atoms with Crippen LogP contribution in [-0.4, -0.2) is 24.0 Å². The molecule has 1 atom stereocenters. The molecule has 1 aliphatic rings. The van der Waals surface area contributed by atoms with Crippen LogP contribution in [0.3, 0.4) is 0 Å². The van der Waals surface area contributed by atoms with E-state index in [0.29, 0.717) is 5.22 Å². The Balaban J connectivity index is 1.85. The Bertz CT molecular complexity index is 620. The summed E-state index contributed by atoms with van der Waals surface area (Å²) in [5, 5.41) is 1.63. The van der Waals surface area contributed by atoms with E-state index in [9.17, 15) is 0 Å². The molecule has 108 valence electrons. The first-order valence-electron chi connectivity index (χ1n) is 7.11. The lowest BCUT2D eigenvalue weighted by molar-refractivity contribution is 0.0900. The van der Waals surface area contributed by atoms with Gasteiger partial charge in [-0.25, -0.2) is 0 Å². The standard InChI is InChI=1S/C16H21ClN2O/c1-16(2)10-19(8-7-14(16)18)9-12-11-5-3-4-6-13(11)20-15(12)17/h3-6,14H,7-10,18H2,1-2H3. The minimum absolute atomic E-state index is 0.143. The molecule has 0 amide bonds. The fraction of sp³-hybridized carbons (Fsp3) is 0.500. The van der Waals surface area contributed by atoms with Crippen molar-refractivity contribution in [1.82, 2.24) is 4.90 Å². The monoisotopic (exact) mass is 292 g/mol. The van der Waals surface area contributed by atoms with E-state index in [0.717, 1.165) is 42.6 Å². The Labute approximate surface area is 124 Å². The van der Waals surface area contributed by atoms with Crippen LogP contribution in [0, 0.1) is 5.41 Å². The summed E-state index contributed by atoms with van der Waals surface area (Å²) < 4.78 is 5.63. The van der Waals surface area contributed by atoms with Gasteiger partial charge in [-0.2, -0.15) is 0 Å². The fourth-order valence-corrected chi connectivity index (χ4v) is 3.30. The number of benzene rings is 1. The van der Waals surface area contributed by atoms with Crippen LogP contribution < -0.4 is 5.73 Å². The Morgan fingerprint density at radius 3 is 2.90 bits per heavy atom. The maximum Gasteiger partial charge on any atom is 0.199 e. The molecule has 20 heavy (non-hydrogen) atoms. The molecule has 4 heteroatoms. The lowest BCUT2D eigenvalue weighted by Gasteiger charge is -2.42. The number of hydrogen-bond acceptors (Lipinski definition) is 3. The molecule has 1 fully saturated rings. The summed E-state index contributed by atoms with van der Waals surface area (Å²) in [4.78, 5) is 2.42. The number of para-hydroxylation sites is 1. The minimum atomic E-state index is 0.143. The normalized spacial score (nSPS) is 23.3. The number of likely N-dealkylation sites (tertiary alicyclic amines) is 1. The van der Waals surface area contributed by atoms with E-state index in [4.69, 9.17) is 21.8 Å². The van der Waals surface area contributed by atoms with Crippen molar-refractivity contribution in [2.45, 2.75) is 32.9 Å². The Morgan fingerprint density at radius 1 is 1.40 bits per heavy atom. The summed E-state index contributed by atoms with van der Waals surface area (Å²) in [6.07, 6.45) is 1.03. The van der Waals surface area contributed by atoms with Gasteiger partial charge in [0, 0.05) is 36.6 Å². The van der Waals surface area contributed by atoms with E-state index >= 15 is 0 Å². The Morgan fingerprint density at radius 2 is 2.15 bits per heavy atom. The number of rotatable bonds is 2. The molecule has 3 rings (SSSR count). The van der Waals surface area contributed by atoms with Crippen LogP contribution in [-0.2, 0) is 6.54 Å². The van der Waals surface area contributed by atoms with Gasteiger partial charge in [-0.3, -0.25) is 4.90 Å². The summed E-state index contributed by atoms with van der Waals surface area (Å²) in [6.45, 7) is 7.30. The van der Waals surface area contributed by atoms with Crippen LogP contribution in [0.5, 0.6) is 0 Å². The average Bonchev–Trinajstić information content (AvgIpc) is 2.70. The van der Waals surface area contributed by atoms with Crippen molar-refractivity contribution in [1.29, 1.82) is 0 Å². The topological polar surface area (TPSA) is 42.4 Å². The average molecular weight is 293 g/mol. The van der Waals surface area contributed by atoms with Crippen molar-refractivity contribution in [3.63, 3.8) is 0 Å². The largest absolute Gasteiger partial charge is 0.444 e. The van der Waals surface area contributed by atoms with Crippen LogP contribution in [0.1, 0.15) is 25.8 Å². The van der Waals surface area contributed by atoms with E-state index in [2.05, 4.69) is 24.8 Å². The van der Waals surface area contributed by atoms with Gasteiger partial charge in [-0.1, -0.05) is 32.0 Å². The van der Waals surface area contributed by atoms with Gasteiger partial charge in [0.15, 0.2) is 5.22 Å². The van der Waals surface area contributed by atoms with Crippen molar-refractivity contribution >= 4 is 22.6 Å². The van der Waals surface area contributed by atoms with Gasteiger partial charge < -0.3 is 10.2 Å². The summed E-state index contributed by atoms with van der Waals surface area (Å²) in [6, 6.07) is 8.29. The van der Waals surface area contributed by atoms with E-state index < -0.39 is 0 Å². The molecule has 0 aliphatic carbocycles. The first-order valence-corrected chi connectivity index (χ1v) is 7.49. The molecule has 1 unspecified atom stereocenters. The first kappa shape index (κ1) is 13.9. The van der Waals surface area contributed by atoms with Crippen molar-refractivity contribution < 1.29 is 4.42 Å². The van der Waals surface area contributed by atoms with Crippen molar-refractivity contribution in [2.75, 3.05) is 13.1 Å². The van der Waals surface area contributed by atoms with Gasteiger partial charge in [0.05, 0.1) is 0 Å². The zero-order valence-corrected chi connectivity index (χ0v) is 12.8. The number of piperidine rings is 1. The zero-order valence-electron chi connectivity index (χ0n) is 12.0. The number of hydrogen-bond donors (Lipinski definition) is 1. The zero-order chi connectivity index (χ0) is 14.3. The van der Waals surface area contributed by atoms with Gasteiger partial charge in [0.25, 0.3) is 0 Å². The van der Waals surface area contributed by atoms with Crippen LogP contribution in [0.2, 0.25) is 5.22 Å². The molecular formula is C16H21ClN2O. The van der Waals surface area contributed by atoms with Gasteiger partial charge in [0.2, 0.25) is 0 Å². The summed E-state index contributed by atoms with van der Waals surface area (Å²) in [5.41, 5.74) is 8.29. The van der Waals surface area contributed by atoms with Crippen molar-refractivity contribution in [2.24, 2.45) is 11.1 Å². The molecule has 1 saturated heterocycles. The number of halogens is 1. The molecule has 0 spiro atoms. The Hall–Kier alpha value is -1.03. The predicted molar refractivity (Wildman–Crippen MR) is 82.9 cm³/mol. The van der Waals surface area contributed by atoms with Gasteiger partial charge in [-0.15, -0.1) is 0 Å². The number of furan rings is 1. The van der Waals surface area contributed by atoms with Crippen LogP contribution >= 0.6 is 11.6 Å². The molecule has 2 N–H and O–H groups in total. The van der Waals surface area contributed by atoms with Crippen molar-refractivity contribution in [3.8, 4) is 0 Å². The smallest absolute Gasteiger partial charge is 0.199 e. The molecule has 2 aromatic rings. The maximum absolute atomic E-state index is 6.27. The van der Waals surface area contributed by atoms with E-state index in [1.165, 1.54) is 0 Å². The molecule has 2 heterocycles. The highest BCUT2D eigenvalue weighted by Crippen LogP contribution is 2.33. The SMILES string of the molecule is CC1(C)CN(Cc2c(Cl)oc3ccccc23)CCC1N. The lowest BCUT2D eigenvalue weighted by atomic mass is 9.79. The molecule has 0 saturated carbocycles. The van der Waals surface area contributed by atoms with Crippen LogP contribution in [0.15, 0.2) is 28.7 Å². The molecular weight excluding hydrogens is 272 g/mol. The highest BCUT2D eigenvalue weighted by atomic mass is 35.5. The molecule has 1 aromatic heterocycles. The van der Waals surface area contributed by atoms with E-state index in [-0.39, 0.29) is 11.5 Å². The molecule has 0 radical (unpaired) electrons. The number of nitrogens with two attached hydrogens (primary N) is 1. The van der Waals surface area contributed by atoms with Crippen LogP contribution in [0.4, 0.5) is 0 Å². The minimum Gasteiger partial charge on any atom is -0.444 e. The second-order valence-corrected chi connectivity index (χ2v) is 6.79. The summed E-state index contributed by atoms with van der Waals surface area (Å²) in [5.74, 6) is 0. The van der Waals surface area contributed by atoms with Gasteiger partial charge >= 0.3 is 0 Å². The van der Waals surface area contributed by atoms with E-state index in [1.54, 1.807) is 0 Å². The number of nitrogens with zero attached hydrogens (tertiary/aromatic N) is 1. The summed E-state index contributed by atoms with van der Waals surface area (Å²) in [7, 11) is 0. The Kier molecular flexibility index (Phi) is 3.53. The quantitative estimate of drug-likeness (QED) is 0.919. The predicted octanol–water partition coefficient (Wildman–Crippen LogP) is 3.65. The third kappa shape index (κ3) is 2.46. The van der Waals surface area contributed by atoms with Crippen molar-refractivity contribution in [3.05, 3.63) is 35.0 Å². The molecule has 1 aromatic carbocycles. The highest BCUT2D eigenvalue weighted by Gasteiger charge is 2.33. The van der Waals surface area contributed by atoms with Gasteiger partial charge in [-0.05, 0) is 29.5 Å². The second-order valence-electron chi connectivity index (χ2n) is 6.44. The number of fused-ring (bicyclic) bond motifs is 1. The fourth-order valence-electron chi connectivity index (χ4n) is 3.06. The highest BCUT2D eigenvalue weighted by molar-refractivity contribution is 6.30. The van der Waals surface area contributed by atoms with Gasteiger partial charge in [0.1, 0.15) is 5.58 Å². The molecule has 0 bridgehead atoms. The lowest BCUT2D eigenvalue weighted by Crippen LogP contribution is -2.52. The maximum atomic E-state index is 6.27. The van der Waals surface area contributed by atoms with Crippen LogP contribution in [0.25, 0.3) is 11.0 Å². The molecule has 3 nitrogen and oxygen atoms in total. The second kappa shape index (κ2) is 5.06. The molecule has 1 aliphatic heterocycles. The third-order valence-corrected chi connectivity index (χ3v) is 4.73. The first-order chi connectivity index (χ1) is 9.47. The third-order valence-electron chi connectivity index (χ3n) is 4.42. The summed E-state index contributed by atoms with van der Waals surface area (Å²) >= 11 is 6.27. The van der Waals surface area contributed by atoms with E-state index in [1.807, 2.05) is 18.2 Å².